The Kier molecular flexibility index (Phi) is 4.53. The van der Waals surface area contributed by atoms with Crippen molar-refractivity contribution in [3.63, 3.8) is 0 Å². The number of amides is 1. The number of carbonyl (C=O) groups is 1. The predicted molar refractivity (Wildman–Crippen MR) is 80.4 cm³/mol. The fourth-order valence-corrected chi connectivity index (χ4v) is 1.74. The quantitative estimate of drug-likeness (QED) is 0.437. The smallest absolute Gasteiger partial charge is 0.244 e. The largest absolute Gasteiger partial charge is 0.504 e. The molecule has 0 unspecified atom stereocenters. The molecule has 0 bridgehead atoms. The summed E-state index contributed by atoms with van der Waals surface area (Å²) in [5.41, 5.74) is 1.20. The van der Waals surface area contributed by atoms with Crippen LogP contribution in [-0.2, 0) is 11.3 Å². The van der Waals surface area contributed by atoms with E-state index in [1.54, 1.807) is 12.1 Å². The summed E-state index contributed by atoms with van der Waals surface area (Å²) in [6.45, 7) is 0.192. The van der Waals surface area contributed by atoms with Crippen LogP contribution in [0.15, 0.2) is 42.5 Å². The van der Waals surface area contributed by atoms with E-state index in [2.05, 4.69) is 5.32 Å². The number of nitrogens with one attached hydrogen (secondary N) is 1. The van der Waals surface area contributed by atoms with Crippen LogP contribution < -0.4 is 5.32 Å². The molecular formula is C16H15NO5. The number of hydrogen-bond donors (Lipinski definition) is 5. The SMILES string of the molecule is O=C(/C=C/c1ccc(O)c(O)c1)NCc1ccc(O)c(O)c1. The molecule has 6 nitrogen and oxygen atoms in total. The topological polar surface area (TPSA) is 110 Å². The Balaban J connectivity index is 1.93. The Morgan fingerprint density at radius 2 is 1.55 bits per heavy atom. The Morgan fingerprint density at radius 1 is 0.909 bits per heavy atom. The zero-order valence-corrected chi connectivity index (χ0v) is 11.5. The van der Waals surface area contributed by atoms with E-state index in [1.807, 2.05) is 0 Å². The number of phenols is 4. The molecule has 5 N–H and O–H groups in total. The third-order valence-electron chi connectivity index (χ3n) is 2.93. The van der Waals surface area contributed by atoms with Crippen molar-refractivity contribution in [2.45, 2.75) is 6.54 Å². The lowest BCUT2D eigenvalue weighted by Crippen LogP contribution is -2.20. The van der Waals surface area contributed by atoms with Crippen LogP contribution in [0, 0.1) is 0 Å². The maximum Gasteiger partial charge on any atom is 0.244 e. The van der Waals surface area contributed by atoms with Crippen molar-refractivity contribution < 1.29 is 25.2 Å². The zero-order chi connectivity index (χ0) is 16.1. The summed E-state index contributed by atoms with van der Waals surface area (Å²) in [6.07, 6.45) is 2.77. The normalized spacial score (nSPS) is 10.7. The lowest BCUT2D eigenvalue weighted by Gasteiger charge is -2.04. The lowest BCUT2D eigenvalue weighted by molar-refractivity contribution is -0.116. The number of aromatic hydroxyl groups is 4. The first-order chi connectivity index (χ1) is 10.5. The highest BCUT2D eigenvalue weighted by Crippen LogP contribution is 2.25. The van der Waals surface area contributed by atoms with E-state index >= 15 is 0 Å². The van der Waals surface area contributed by atoms with Crippen LogP contribution in [0.2, 0.25) is 0 Å². The number of benzene rings is 2. The molecule has 0 aromatic heterocycles. The number of hydrogen-bond acceptors (Lipinski definition) is 5. The van der Waals surface area contributed by atoms with Gasteiger partial charge in [0, 0.05) is 12.6 Å². The first-order valence-electron chi connectivity index (χ1n) is 6.44. The molecule has 6 heteroatoms. The molecule has 0 saturated heterocycles. The average molecular weight is 301 g/mol. The third kappa shape index (κ3) is 3.92. The fourth-order valence-electron chi connectivity index (χ4n) is 1.74. The monoisotopic (exact) mass is 301 g/mol. The van der Waals surface area contributed by atoms with E-state index in [1.165, 1.54) is 36.4 Å². The van der Waals surface area contributed by atoms with E-state index in [9.17, 15) is 25.2 Å². The predicted octanol–water partition coefficient (Wildman–Crippen LogP) is 1.84. The summed E-state index contributed by atoms with van der Waals surface area (Å²) in [5, 5.41) is 39.7. The maximum atomic E-state index is 11.7. The molecule has 0 saturated carbocycles. The van der Waals surface area contributed by atoms with Gasteiger partial charge in [-0.15, -0.1) is 0 Å². The van der Waals surface area contributed by atoms with E-state index < -0.39 is 0 Å². The van der Waals surface area contributed by atoms with Gasteiger partial charge in [-0.05, 0) is 41.5 Å². The molecule has 0 atom stereocenters. The van der Waals surface area contributed by atoms with Gasteiger partial charge in [0.25, 0.3) is 0 Å². The fraction of sp³-hybridized carbons (Fsp3) is 0.0625. The molecule has 0 spiro atoms. The summed E-state index contributed by atoms with van der Waals surface area (Å²) < 4.78 is 0. The summed E-state index contributed by atoms with van der Waals surface area (Å²) in [6, 6.07) is 8.49. The molecule has 2 aromatic carbocycles. The van der Waals surface area contributed by atoms with Crippen molar-refractivity contribution in [3.05, 3.63) is 53.6 Å². The van der Waals surface area contributed by atoms with Gasteiger partial charge in [-0.3, -0.25) is 4.79 Å². The van der Waals surface area contributed by atoms with Gasteiger partial charge in [-0.2, -0.15) is 0 Å². The van der Waals surface area contributed by atoms with Gasteiger partial charge in [0.05, 0.1) is 0 Å². The third-order valence-corrected chi connectivity index (χ3v) is 2.93. The van der Waals surface area contributed by atoms with E-state index in [0.717, 1.165) is 0 Å². The number of phenolic OH excluding ortho intramolecular Hbond substituents is 4. The minimum absolute atomic E-state index is 0.192. The van der Waals surface area contributed by atoms with Crippen molar-refractivity contribution in [2.24, 2.45) is 0 Å². The summed E-state index contributed by atoms with van der Waals surface area (Å²) >= 11 is 0. The second kappa shape index (κ2) is 6.53. The van der Waals surface area contributed by atoms with Crippen molar-refractivity contribution in [2.75, 3.05) is 0 Å². The second-order valence-corrected chi connectivity index (χ2v) is 4.62. The molecule has 0 radical (unpaired) electrons. The summed E-state index contributed by atoms with van der Waals surface area (Å²) in [4.78, 5) is 11.7. The van der Waals surface area contributed by atoms with Crippen LogP contribution in [0.25, 0.3) is 6.08 Å². The highest BCUT2D eigenvalue weighted by atomic mass is 16.3. The molecule has 2 aromatic rings. The van der Waals surface area contributed by atoms with Gasteiger partial charge in [-0.1, -0.05) is 12.1 Å². The molecule has 0 aliphatic rings. The van der Waals surface area contributed by atoms with Crippen LogP contribution in [0.5, 0.6) is 23.0 Å². The molecular weight excluding hydrogens is 286 g/mol. The zero-order valence-electron chi connectivity index (χ0n) is 11.5. The maximum absolute atomic E-state index is 11.7. The summed E-state index contributed by atoms with van der Waals surface area (Å²) in [5.74, 6) is -1.32. The molecule has 0 aliphatic heterocycles. The average Bonchev–Trinajstić information content (AvgIpc) is 2.49. The van der Waals surface area contributed by atoms with E-state index in [0.29, 0.717) is 11.1 Å². The van der Waals surface area contributed by atoms with Crippen LogP contribution >= 0.6 is 0 Å². The molecule has 0 heterocycles. The number of carbonyl (C=O) groups excluding carboxylic acids is 1. The Hall–Kier alpha value is -3.15. The van der Waals surface area contributed by atoms with Gasteiger partial charge >= 0.3 is 0 Å². The van der Waals surface area contributed by atoms with Crippen LogP contribution in [0.1, 0.15) is 11.1 Å². The molecule has 0 fully saturated rings. The summed E-state index contributed by atoms with van der Waals surface area (Å²) in [7, 11) is 0. The van der Waals surface area contributed by atoms with Crippen molar-refractivity contribution in [1.29, 1.82) is 0 Å². The molecule has 22 heavy (non-hydrogen) atoms. The van der Waals surface area contributed by atoms with Crippen LogP contribution in [-0.4, -0.2) is 26.3 Å². The van der Waals surface area contributed by atoms with Crippen molar-refractivity contribution in [3.8, 4) is 23.0 Å². The standard InChI is InChI=1S/C16H15NO5/c18-12-4-1-10(7-14(12)20)3-6-16(22)17-9-11-2-5-13(19)15(21)8-11/h1-8,18-21H,9H2,(H,17,22)/b6-3+. The number of rotatable bonds is 4. The first kappa shape index (κ1) is 15.2. The lowest BCUT2D eigenvalue weighted by atomic mass is 10.2. The Bertz CT molecular complexity index is 724. The highest BCUT2D eigenvalue weighted by molar-refractivity contribution is 5.91. The van der Waals surface area contributed by atoms with Crippen molar-refractivity contribution in [1.82, 2.24) is 5.32 Å². The molecule has 1 amide bonds. The van der Waals surface area contributed by atoms with Crippen LogP contribution in [0.3, 0.4) is 0 Å². The first-order valence-corrected chi connectivity index (χ1v) is 6.44. The van der Waals surface area contributed by atoms with Gasteiger partial charge in [0.2, 0.25) is 5.91 Å². The van der Waals surface area contributed by atoms with E-state index in [-0.39, 0.29) is 35.4 Å². The van der Waals surface area contributed by atoms with E-state index in [4.69, 9.17) is 0 Å². The molecule has 114 valence electrons. The minimum atomic E-state index is -0.361. The second-order valence-electron chi connectivity index (χ2n) is 4.62. The van der Waals surface area contributed by atoms with Gasteiger partial charge in [0.15, 0.2) is 23.0 Å². The molecule has 0 aliphatic carbocycles. The highest BCUT2D eigenvalue weighted by Gasteiger charge is 2.02. The Morgan fingerprint density at radius 3 is 2.18 bits per heavy atom. The van der Waals surface area contributed by atoms with Gasteiger partial charge < -0.3 is 25.7 Å². The minimum Gasteiger partial charge on any atom is -0.504 e. The van der Waals surface area contributed by atoms with Crippen molar-refractivity contribution >= 4 is 12.0 Å². The van der Waals surface area contributed by atoms with Gasteiger partial charge in [0.1, 0.15) is 0 Å². The molecule has 2 rings (SSSR count). The van der Waals surface area contributed by atoms with Crippen LogP contribution in [0.4, 0.5) is 0 Å². The Labute approximate surface area is 126 Å². The van der Waals surface area contributed by atoms with Gasteiger partial charge in [-0.25, -0.2) is 0 Å².